The fourth-order valence-electron chi connectivity index (χ4n) is 4.65. The fourth-order valence-corrected chi connectivity index (χ4v) is 4.65. The lowest BCUT2D eigenvalue weighted by atomic mass is 9.95. The van der Waals surface area contributed by atoms with Gasteiger partial charge in [-0.25, -0.2) is 0 Å². The summed E-state index contributed by atoms with van der Waals surface area (Å²) in [5, 5.41) is 15.8. The minimum Gasteiger partial charge on any atom is -0.352 e. The molecule has 0 radical (unpaired) electrons. The molecule has 164 valence electrons. The second-order valence-corrected chi connectivity index (χ2v) is 8.69. The van der Waals surface area contributed by atoms with E-state index in [2.05, 4.69) is 70.2 Å². The molecule has 3 aromatic rings. The van der Waals surface area contributed by atoms with Gasteiger partial charge in [0.25, 0.3) is 5.95 Å². The first kappa shape index (κ1) is 20.4. The highest BCUT2D eigenvalue weighted by Gasteiger charge is 2.32. The van der Waals surface area contributed by atoms with Crippen LogP contribution in [0.15, 0.2) is 60.7 Å². The molecule has 1 aliphatic carbocycles. The van der Waals surface area contributed by atoms with Crippen LogP contribution in [-0.2, 0) is 4.79 Å². The van der Waals surface area contributed by atoms with E-state index in [1.807, 2.05) is 23.1 Å². The number of benzene rings is 2. The Labute approximate surface area is 188 Å². The van der Waals surface area contributed by atoms with Crippen LogP contribution >= 0.6 is 0 Å². The molecular formula is C25H28N6O. The number of fused-ring (bicyclic) bond motifs is 1. The average Bonchev–Trinajstić information content (AvgIpc) is 3.31. The molecule has 1 unspecified atom stereocenters. The van der Waals surface area contributed by atoms with Crippen LogP contribution in [0.3, 0.4) is 0 Å². The van der Waals surface area contributed by atoms with Crippen molar-refractivity contribution in [3.05, 3.63) is 77.4 Å². The monoisotopic (exact) mass is 428 g/mol. The molecule has 1 fully saturated rings. The Hall–Kier alpha value is -3.48. The number of anilines is 1. The number of nitrogens with zero attached hydrogens (tertiary/aromatic N) is 5. The maximum absolute atomic E-state index is 13.0. The second-order valence-electron chi connectivity index (χ2n) is 8.69. The number of carbonyl (C=O) groups is 1. The lowest BCUT2D eigenvalue weighted by Gasteiger charge is -2.33. The van der Waals surface area contributed by atoms with Gasteiger partial charge in [0.1, 0.15) is 12.6 Å². The van der Waals surface area contributed by atoms with Gasteiger partial charge in [0.15, 0.2) is 0 Å². The van der Waals surface area contributed by atoms with Crippen molar-refractivity contribution in [2.45, 2.75) is 51.1 Å². The van der Waals surface area contributed by atoms with Crippen LogP contribution in [-0.4, -0.2) is 38.7 Å². The Kier molecular flexibility index (Phi) is 5.71. The third-order valence-electron chi connectivity index (χ3n) is 6.35. The highest BCUT2D eigenvalue weighted by atomic mass is 16.2. The van der Waals surface area contributed by atoms with E-state index < -0.39 is 0 Å². The van der Waals surface area contributed by atoms with Crippen LogP contribution in [0.2, 0.25) is 0 Å². The van der Waals surface area contributed by atoms with E-state index in [1.54, 1.807) is 4.68 Å². The van der Waals surface area contributed by atoms with E-state index >= 15 is 0 Å². The van der Waals surface area contributed by atoms with Crippen molar-refractivity contribution < 1.29 is 4.79 Å². The van der Waals surface area contributed by atoms with Crippen molar-refractivity contribution in [2.75, 3.05) is 11.4 Å². The summed E-state index contributed by atoms with van der Waals surface area (Å²) in [6, 6.07) is 18.7. The number of rotatable bonds is 5. The van der Waals surface area contributed by atoms with Crippen LogP contribution in [0.4, 0.5) is 5.95 Å². The molecule has 1 saturated carbocycles. The minimum absolute atomic E-state index is 0.00191. The number of tetrazole rings is 1. The van der Waals surface area contributed by atoms with Gasteiger partial charge < -0.3 is 5.32 Å². The highest BCUT2D eigenvalue weighted by molar-refractivity contribution is 5.89. The molecule has 0 bridgehead atoms. The van der Waals surface area contributed by atoms with Gasteiger partial charge in [-0.15, -0.1) is 0 Å². The zero-order valence-electron chi connectivity index (χ0n) is 18.3. The predicted octanol–water partition coefficient (Wildman–Crippen LogP) is 3.88. The molecule has 7 heteroatoms. The first-order valence-electron chi connectivity index (χ1n) is 11.4. The van der Waals surface area contributed by atoms with Crippen molar-refractivity contribution in [3.8, 4) is 0 Å². The van der Waals surface area contributed by atoms with Crippen LogP contribution < -0.4 is 10.2 Å². The SMILES string of the molecule is Cc1ccc(C2C=C(c3ccccc3)N(CC(=O)NC3CCCCC3)c3nnnn32)cc1. The largest absolute Gasteiger partial charge is 0.352 e. The van der Waals surface area contributed by atoms with Crippen molar-refractivity contribution in [2.24, 2.45) is 0 Å². The topological polar surface area (TPSA) is 75.9 Å². The maximum Gasteiger partial charge on any atom is 0.251 e. The van der Waals surface area contributed by atoms with Gasteiger partial charge in [-0.3, -0.25) is 9.69 Å². The first-order valence-corrected chi connectivity index (χ1v) is 11.4. The van der Waals surface area contributed by atoms with Gasteiger partial charge in [-0.05, 0) is 47.4 Å². The Morgan fingerprint density at radius 2 is 1.78 bits per heavy atom. The molecule has 2 aliphatic rings. The van der Waals surface area contributed by atoms with E-state index in [-0.39, 0.29) is 24.5 Å². The molecule has 1 amide bonds. The number of aryl methyl sites for hydroxylation is 1. The van der Waals surface area contributed by atoms with Gasteiger partial charge >= 0.3 is 0 Å². The van der Waals surface area contributed by atoms with Crippen LogP contribution in [0.5, 0.6) is 0 Å². The van der Waals surface area contributed by atoms with Gasteiger partial charge in [0, 0.05) is 6.04 Å². The molecule has 0 spiro atoms. The van der Waals surface area contributed by atoms with Gasteiger partial charge in [-0.2, -0.15) is 4.68 Å². The van der Waals surface area contributed by atoms with Crippen LogP contribution in [0, 0.1) is 6.92 Å². The maximum atomic E-state index is 13.0. The van der Waals surface area contributed by atoms with Crippen molar-refractivity contribution >= 4 is 17.6 Å². The molecule has 1 N–H and O–H groups in total. The smallest absolute Gasteiger partial charge is 0.251 e. The Balaban J connectivity index is 1.49. The highest BCUT2D eigenvalue weighted by Crippen LogP contribution is 2.36. The van der Waals surface area contributed by atoms with E-state index in [9.17, 15) is 4.79 Å². The van der Waals surface area contributed by atoms with Crippen molar-refractivity contribution in [1.29, 1.82) is 0 Å². The third-order valence-corrected chi connectivity index (χ3v) is 6.35. The number of allylic oxidation sites excluding steroid dienone is 1. The summed E-state index contributed by atoms with van der Waals surface area (Å²) < 4.78 is 1.80. The van der Waals surface area contributed by atoms with E-state index in [0.717, 1.165) is 29.7 Å². The quantitative estimate of drug-likeness (QED) is 0.667. The Morgan fingerprint density at radius 1 is 1.03 bits per heavy atom. The zero-order valence-corrected chi connectivity index (χ0v) is 18.3. The van der Waals surface area contributed by atoms with Gasteiger partial charge in [0.2, 0.25) is 5.91 Å². The van der Waals surface area contributed by atoms with E-state index in [1.165, 1.54) is 24.8 Å². The minimum atomic E-state index is -0.145. The summed E-state index contributed by atoms with van der Waals surface area (Å²) in [5.41, 5.74) is 4.28. The standard InChI is InChI=1S/C25H28N6O/c1-18-12-14-20(15-13-18)23-16-22(19-8-4-2-5-9-19)30(25-27-28-29-31(23)25)17-24(32)26-21-10-6-3-7-11-21/h2,4-5,8-9,12-16,21,23H,3,6-7,10-11,17H2,1H3,(H,26,32). The molecule has 1 aromatic heterocycles. The number of aromatic nitrogens is 4. The molecule has 1 atom stereocenters. The van der Waals surface area contributed by atoms with E-state index in [0.29, 0.717) is 5.95 Å². The number of amides is 1. The van der Waals surface area contributed by atoms with E-state index in [4.69, 9.17) is 0 Å². The van der Waals surface area contributed by atoms with Crippen molar-refractivity contribution in [1.82, 2.24) is 25.5 Å². The van der Waals surface area contributed by atoms with Gasteiger partial charge in [-0.1, -0.05) is 84.5 Å². The molecule has 7 nitrogen and oxygen atoms in total. The van der Waals surface area contributed by atoms with Crippen LogP contribution in [0.25, 0.3) is 5.70 Å². The molecule has 2 aromatic carbocycles. The summed E-state index contributed by atoms with van der Waals surface area (Å²) in [5.74, 6) is 0.581. The number of hydrogen-bond acceptors (Lipinski definition) is 5. The lowest BCUT2D eigenvalue weighted by molar-refractivity contribution is -0.120. The number of nitrogens with one attached hydrogen (secondary N) is 1. The summed E-state index contributed by atoms with van der Waals surface area (Å²) in [4.78, 5) is 14.9. The molecular weight excluding hydrogens is 400 g/mol. The van der Waals surface area contributed by atoms with Crippen LogP contribution in [0.1, 0.15) is 54.8 Å². The molecule has 0 saturated heterocycles. The summed E-state index contributed by atoms with van der Waals surface area (Å²) in [6.45, 7) is 2.25. The third kappa shape index (κ3) is 4.15. The molecule has 5 rings (SSSR count). The lowest BCUT2D eigenvalue weighted by Crippen LogP contribution is -2.44. The normalized spacial score (nSPS) is 18.7. The predicted molar refractivity (Wildman–Crippen MR) is 124 cm³/mol. The zero-order chi connectivity index (χ0) is 21.9. The second kappa shape index (κ2) is 8.94. The molecule has 2 heterocycles. The molecule has 32 heavy (non-hydrogen) atoms. The summed E-state index contributed by atoms with van der Waals surface area (Å²) >= 11 is 0. The Morgan fingerprint density at radius 3 is 2.53 bits per heavy atom. The summed E-state index contributed by atoms with van der Waals surface area (Å²) in [7, 11) is 0. The average molecular weight is 429 g/mol. The fraction of sp³-hybridized carbons (Fsp3) is 0.360. The van der Waals surface area contributed by atoms with Crippen molar-refractivity contribution in [3.63, 3.8) is 0 Å². The Bertz CT molecular complexity index is 1100. The summed E-state index contributed by atoms with van der Waals surface area (Å²) in [6.07, 6.45) is 7.88. The number of hydrogen-bond donors (Lipinski definition) is 1. The van der Waals surface area contributed by atoms with Gasteiger partial charge in [0.05, 0.1) is 5.70 Å². The molecule has 1 aliphatic heterocycles. The first-order chi connectivity index (χ1) is 15.7. The number of carbonyl (C=O) groups excluding carboxylic acids is 1.